The summed E-state index contributed by atoms with van der Waals surface area (Å²) in [6.45, 7) is -0.389. The summed E-state index contributed by atoms with van der Waals surface area (Å²) in [6, 6.07) is 2.82. The molecule has 1 N–H and O–H groups in total. The van der Waals surface area contributed by atoms with Crippen LogP contribution in [0.2, 0.25) is 10.2 Å². The maximum atomic E-state index is 13.8. The summed E-state index contributed by atoms with van der Waals surface area (Å²) in [5.41, 5.74) is -2.38. The second-order valence-corrected chi connectivity index (χ2v) is 9.96. The molecule has 13 heteroatoms. The van der Waals surface area contributed by atoms with E-state index >= 15 is 0 Å². The highest BCUT2D eigenvalue weighted by atomic mass is 35.5. The zero-order valence-corrected chi connectivity index (χ0v) is 18.5. The van der Waals surface area contributed by atoms with Gasteiger partial charge in [0, 0.05) is 38.3 Å². The number of amides is 1. The Hall–Kier alpha value is -1.82. The van der Waals surface area contributed by atoms with Gasteiger partial charge >= 0.3 is 6.18 Å². The minimum atomic E-state index is -4.74. The first kappa shape index (κ1) is 23.8. The van der Waals surface area contributed by atoms with E-state index in [2.05, 4.69) is 10.3 Å². The van der Waals surface area contributed by atoms with Crippen molar-refractivity contribution in [1.29, 1.82) is 0 Å². The lowest BCUT2D eigenvalue weighted by molar-refractivity contribution is -0.237. The van der Waals surface area contributed by atoms with Crippen molar-refractivity contribution in [2.75, 3.05) is 24.3 Å². The van der Waals surface area contributed by atoms with Gasteiger partial charge in [0.1, 0.15) is 15.7 Å². The Morgan fingerprint density at radius 1 is 1.32 bits per heavy atom. The van der Waals surface area contributed by atoms with Crippen molar-refractivity contribution in [1.82, 2.24) is 9.55 Å². The molecule has 0 aliphatic carbocycles. The molecule has 31 heavy (non-hydrogen) atoms. The number of halogens is 5. The maximum absolute atomic E-state index is 13.8. The monoisotopic (exact) mass is 499 g/mol. The molecular formula is C18H18Cl2F3N3O4S. The average molecular weight is 500 g/mol. The van der Waals surface area contributed by atoms with Crippen molar-refractivity contribution in [2.45, 2.75) is 23.9 Å². The predicted octanol–water partition coefficient (Wildman–Crippen LogP) is 4.11. The van der Waals surface area contributed by atoms with Crippen LogP contribution in [0, 0.1) is 5.41 Å². The number of nitrogens with zero attached hydrogens (tertiary/aromatic N) is 2. The van der Waals surface area contributed by atoms with E-state index in [-0.39, 0.29) is 29.7 Å². The summed E-state index contributed by atoms with van der Waals surface area (Å²) in [5.74, 6) is -1.94. The molecule has 0 radical (unpaired) electrons. The second-order valence-electron chi connectivity index (χ2n) is 7.24. The Bertz CT molecular complexity index is 1100. The molecule has 0 aromatic carbocycles. The van der Waals surface area contributed by atoms with E-state index in [0.29, 0.717) is 0 Å². The van der Waals surface area contributed by atoms with Crippen LogP contribution in [-0.2, 0) is 21.6 Å². The van der Waals surface area contributed by atoms with Crippen molar-refractivity contribution in [3.63, 3.8) is 0 Å². The van der Waals surface area contributed by atoms with Crippen LogP contribution in [0.5, 0.6) is 0 Å². The third kappa shape index (κ3) is 4.84. The van der Waals surface area contributed by atoms with E-state index in [1.165, 1.54) is 25.4 Å². The largest absolute Gasteiger partial charge is 0.395 e. The summed E-state index contributed by atoms with van der Waals surface area (Å²) >= 11 is 11.9. The van der Waals surface area contributed by atoms with Crippen LogP contribution in [0.1, 0.15) is 23.3 Å². The van der Waals surface area contributed by atoms with Gasteiger partial charge in [-0.1, -0.05) is 23.2 Å². The van der Waals surface area contributed by atoms with Crippen molar-refractivity contribution < 1.29 is 31.1 Å². The standard InChI is InChI=1S/C18H18Cl2F3N3O4S/c1-26-9-12(14(20)15(26)16(27)25-11-2-5-24-13(19)8-11)31(28,29)10-17(18(21,22)23)3-6-30-7-4-17/h2,5,8-9H,3-4,6-7,10H2,1H3,(H,24,25,27). The molecule has 0 spiro atoms. The van der Waals surface area contributed by atoms with E-state index in [0.717, 1.165) is 10.8 Å². The molecule has 1 saturated heterocycles. The zero-order valence-electron chi connectivity index (χ0n) is 16.2. The van der Waals surface area contributed by atoms with E-state index < -0.39 is 55.8 Å². The van der Waals surface area contributed by atoms with Gasteiger partial charge in [0.2, 0.25) is 0 Å². The Morgan fingerprint density at radius 2 is 1.97 bits per heavy atom. The van der Waals surface area contributed by atoms with Crippen LogP contribution >= 0.6 is 23.2 Å². The van der Waals surface area contributed by atoms with E-state index in [9.17, 15) is 26.4 Å². The van der Waals surface area contributed by atoms with E-state index in [1.54, 1.807) is 0 Å². The molecule has 0 atom stereocenters. The summed E-state index contributed by atoms with van der Waals surface area (Å²) in [7, 11) is -3.12. The summed E-state index contributed by atoms with van der Waals surface area (Å²) in [5, 5.41) is 2.16. The lowest BCUT2D eigenvalue weighted by Gasteiger charge is -2.38. The number of pyridine rings is 1. The minimum Gasteiger partial charge on any atom is -0.381 e. The predicted molar refractivity (Wildman–Crippen MR) is 108 cm³/mol. The molecule has 3 rings (SSSR count). The van der Waals surface area contributed by atoms with Crippen molar-refractivity contribution >= 4 is 44.6 Å². The number of aromatic nitrogens is 2. The molecule has 0 unspecified atom stereocenters. The van der Waals surface area contributed by atoms with Crippen LogP contribution in [0.15, 0.2) is 29.4 Å². The molecule has 2 aromatic heterocycles. The highest BCUT2D eigenvalue weighted by molar-refractivity contribution is 7.91. The molecular weight excluding hydrogens is 482 g/mol. The van der Waals surface area contributed by atoms with Gasteiger partial charge in [-0.15, -0.1) is 0 Å². The second kappa shape index (κ2) is 8.61. The SMILES string of the molecule is Cn1cc(S(=O)(=O)CC2(C(F)(F)F)CCOCC2)c(Cl)c1C(=O)Nc1ccnc(Cl)c1. The molecule has 0 bridgehead atoms. The highest BCUT2D eigenvalue weighted by Crippen LogP contribution is 2.48. The van der Waals surface area contributed by atoms with Gasteiger partial charge in [-0.2, -0.15) is 13.2 Å². The maximum Gasteiger partial charge on any atom is 0.395 e. The fourth-order valence-corrected chi connectivity index (χ4v) is 6.25. The van der Waals surface area contributed by atoms with Crippen LogP contribution in [0.4, 0.5) is 18.9 Å². The molecule has 0 saturated carbocycles. The fourth-order valence-electron chi connectivity index (χ4n) is 3.43. The topological polar surface area (TPSA) is 90.3 Å². The fraction of sp³-hybridized carbons (Fsp3) is 0.444. The number of alkyl halides is 3. The van der Waals surface area contributed by atoms with Crippen molar-refractivity contribution in [3.05, 3.63) is 40.4 Å². The molecule has 170 valence electrons. The molecule has 2 aromatic rings. The quantitative estimate of drug-likeness (QED) is 0.625. The molecule has 3 heterocycles. The van der Waals surface area contributed by atoms with Gasteiger partial charge in [0.25, 0.3) is 5.91 Å². The molecule has 1 aliphatic heterocycles. The Kier molecular flexibility index (Phi) is 6.62. The van der Waals surface area contributed by atoms with Crippen LogP contribution < -0.4 is 5.32 Å². The number of sulfone groups is 1. The first-order valence-electron chi connectivity index (χ1n) is 9.01. The first-order chi connectivity index (χ1) is 14.4. The smallest absolute Gasteiger partial charge is 0.381 e. The summed E-state index contributed by atoms with van der Waals surface area (Å²) in [6.07, 6.45) is -3.31. The van der Waals surface area contributed by atoms with Crippen LogP contribution in [0.3, 0.4) is 0 Å². The number of nitrogens with one attached hydrogen (secondary N) is 1. The highest BCUT2D eigenvalue weighted by Gasteiger charge is 2.57. The average Bonchev–Trinajstić information content (AvgIpc) is 2.96. The third-order valence-corrected chi connectivity index (χ3v) is 7.75. The molecule has 1 fully saturated rings. The summed E-state index contributed by atoms with van der Waals surface area (Å²) < 4.78 is 73.5. The van der Waals surface area contributed by atoms with Crippen molar-refractivity contribution in [3.8, 4) is 0 Å². The van der Waals surface area contributed by atoms with Gasteiger partial charge in [-0.25, -0.2) is 13.4 Å². The Labute approximate surface area is 186 Å². The molecule has 7 nitrogen and oxygen atoms in total. The van der Waals surface area contributed by atoms with Gasteiger partial charge in [0.05, 0.1) is 16.2 Å². The van der Waals surface area contributed by atoms with Gasteiger partial charge in [0.15, 0.2) is 9.84 Å². The summed E-state index contributed by atoms with van der Waals surface area (Å²) in [4.78, 5) is 15.9. The minimum absolute atomic E-state index is 0.118. The number of hydrogen-bond acceptors (Lipinski definition) is 5. The van der Waals surface area contributed by atoms with Crippen molar-refractivity contribution in [2.24, 2.45) is 12.5 Å². The van der Waals surface area contributed by atoms with E-state index in [1.807, 2.05) is 0 Å². The Morgan fingerprint density at radius 3 is 2.55 bits per heavy atom. The number of carbonyl (C=O) groups excluding carboxylic acids is 1. The number of aryl methyl sites for hydroxylation is 1. The molecule has 1 amide bonds. The number of anilines is 1. The number of rotatable bonds is 5. The zero-order chi connectivity index (χ0) is 23.0. The van der Waals surface area contributed by atoms with Crippen LogP contribution in [-0.4, -0.2) is 49.0 Å². The van der Waals surface area contributed by atoms with Gasteiger partial charge < -0.3 is 14.6 Å². The third-order valence-electron chi connectivity index (χ3n) is 5.14. The normalized spacial score (nSPS) is 16.8. The number of hydrogen-bond donors (Lipinski definition) is 1. The Balaban J connectivity index is 1.93. The number of carbonyl (C=O) groups is 1. The molecule has 1 aliphatic rings. The first-order valence-corrected chi connectivity index (χ1v) is 11.4. The van der Waals surface area contributed by atoms with Gasteiger partial charge in [-0.05, 0) is 25.0 Å². The lowest BCUT2D eigenvalue weighted by Crippen LogP contribution is -2.47. The van der Waals surface area contributed by atoms with Gasteiger partial charge in [-0.3, -0.25) is 4.79 Å². The van der Waals surface area contributed by atoms with Crippen LogP contribution in [0.25, 0.3) is 0 Å². The van der Waals surface area contributed by atoms with E-state index in [4.69, 9.17) is 27.9 Å². The number of ether oxygens (including phenoxy) is 1. The lowest BCUT2D eigenvalue weighted by atomic mass is 9.81.